The number of nitrogens with zero attached hydrogens (tertiary/aromatic N) is 2. The molecule has 3 aromatic rings. The van der Waals surface area contributed by atoms with Gasteiger partial charge >= 0.3 is 0 Å². The highest BCUT2D eigenvalue weighted by atomic mass is 19.1. The van der Waals surface area contributed by atoms with E-state index in [1.54, 1.807) is 48.6 Å². The Morgan fingerprint density at radius 1 is 1.05 bits per heavy atom. The summed E-state index contributed by atoms with van der Waals surface area (Å²) in [6, 6.07) is 14.4. The predicted molar refractivity (Wildman–Crippen MR) is 83.7 cm³/mol. The van der Waals surface area contributed by atoms with Crippen LogP contribution in [0.3, 0.4) is 0 Å². The first-order chi connectivity index (χ1) is 10.6. The van der Waals surface area contributed by atoms with Gasteiger partial charge in [0.05, 0.1) is 21.5 Å². The summed E-state index contributed by atoms with van der Waals surface area (Å²) in [5.74, 6) is -0.302. The fourth-order valence-electron chi connectivity index (χ4n) is 2.20. The standard InChI is InChI=1S/C17H11FN2O2/c18-13-4-1-3-12(11-13)7-8-14-9-10-15-16(19-14)5-2-6-17(15)20(21)22/h1-11H. The van der Waals surface area contributed by atoms with Crippen molar-refractivity contribution in [3.8, 4) is 0 Å². The van der Waals surface area contributed by atoms with Gasteiger partial charge < -0.3 is 0 Å². The molecule has 0 aliphatic carbocycles. The minimum atomic E-state index is -0.424. The molecule has 0 amide bonds. The fraction of sp³-hybridized carbons (Fsp3) is 0. The normalized spacial score (nSPS) is 11.1. The van der Waals surface area contributed by atoms with Crippen LogP contribution in [0.5, 0.6) is 0 Å². The van der Waals surface area contributed by atoms with E-state index in [0.29, 0.717) is 16.6 Å². The highest BCUT2D eigenvalue weighted by Crippen LogP contribution is 2.24. The van der Waals surface area contributed by atoms with Crippen LogP contribution in [0.15, 0.2) is 54.6 Å². The number of nitro groups is 1. The number of aromatic nitrogens is 1. The van der Waals surface area contributed by atoms with Crippen molar-refractivity contribution < 1.29 is 9.31 Å². The van der Waals surface area contributed by atoms with Crippen molar-refractivity contribution in [1.82, 2.24) is 4.98 Å². The van der Waals surface area contributed by atoms with E-state index in [-0.39, 0.29) is 11.5 Å². The molecule has 0 saturated carbocycles. The summed E-state index contributed by atoms with van der Waals surface area (Å²) in [4.78, 5) is 14.9. The van der Waals surface area contributed by atoms with Gasteiger partial charge in [-0.15, -0.1) is 0 Å². The van der Waals surface area contributed by atoms with Crippen LogP contribution in [0.4, 0.5) is 10.1 Å². The summed E-state index contributed by atoms with van der Waals surface area (Å²) in [5.41, 5.74) is 1.96. The minimum Gasteiger partial charge on any atom is -0.258 e. The molecule has 0 spiro atoms. The molecule has 0 radical (unpaired) electrons. The first-order valence-electron chi connectivity index (χ1n) is 6.61. The van der Waals surface area contributed by atoms with Crippen molar-refractivity contribution in [3.05, 3.63) is 81.8 Å². The molecule has 0 N–H and O–H groups in total. The number of non-ortho nitro benzene ring substituents is 1. The minimum absolute atomic E-state index is 0.0330. The number of hydrogen-bond donors (Lipinski definition) is 0. The summed E-state index contributed by atoms with van der Waals surface area (Å²) in [5, 5.41) is 11.5. The molecule has 0 saturated heterocycles. The van der Waals surface area contributed by atoms with Gasteiger partial charge in [-0.05, 0) is 42.0 Å². The SMILES string of the molecule is O=[N+]([O-])c1cccc2nc(C=Cc3cccc(F)c3)ccc12. The van der Waals surface area contributed by atoms with Crippen molar-refractivity contribution in [2.45, 2.75) is 0 Å². The molecule has 108 valence electrons. The van der Waals surface area contributed by atoms with Crippen molar-refractivity contribution >= 4 is 28.7 Å². The van der Waals surface area contributed by atoms with Gasteiger partial charge in [0, 0.05) is 6.07 Å². The largest absolute Gasteiger partial charge is 0.278 e. The molecule has 1 aromatic heterocycles. The topological polar surface area (TPSA) is 56.0 Å². The maximum Gasteiger partial charge on any atom is 0.278 e. The Balaban J connectivity index is 1.97. The zero-order chi connectivity index (χ0) is 15.5. The molecule has 5 heteroatoms. The molecular weight excluding hydrogens is 283 g/mol. The number of halogens is 1. The van der Waals surface area contributed by atoms with E-state index in [1.807, 2.05) is 0 Å². The Morgan fingerprint density at radius 3 is 2.64 bits per heavy atom. The summed E-state index contributed by atoms with van der Waals surface area (Å²) < 4.78 is 13.1. The van der Waals surface area contributed by atoms with Gasteiger partial charge in [-0.3, -0.25) is 10.1 Å². The summed E-state index contributed by atoms with van der Waals surface area (Å²) >= 11 is 0. The van der Waals surface area contributed by atoms with Gasteiger partial charge in [-0.25, -0.2) is 9.37 Å². The van der Waals surface area contributed by atoms with Crippen LogP contribution >= 0.6 is 0 Å². The van der Waals surface area contributed by atoms with E-state index < -0.39 is 4.92 Å². The molecule has 0 bridgehead atoms. The van der Waals surface area contributed by atoms with Gasteiger partial charge in [0.15, 0.2) is 0 Å². The van der Waals surface area contributed by atoms with Gasteiger partial charge in [-0.2, -0.15) is 0 Å². The molecular formula is C17H11FN2O2. The van der Waals surface area contributed by atoms with Crippen molar-refractivity contribution in [3.63, 3.8) is 0 Å². The van der Waals surface area contributed by atoms with Crippen LogP contribution in [0.1, 0.15) is 11.3 Å². The number of rotatable bonds is 3. The van der Waals surface area contributed by atoms with Crippen LogP contribution in [0.2, 0.25) is 0 Å². The summed E-state index contributed by atoms with van der Waals surface area (Å²) in [7, 11) is 0. The van der Waals surface area contributed by atoms with Crippen LogP contribution in [0, 0.1) is 15.9 Å². The number of pyridine rings is 1. The summed E-state index contributed by atoms with van der Waals surface area (Å²) in [6.45, 7) is 0. The Bertz CT molecular complexity index is 891. The molecule has 3 rings (SSSR count). The van der Waals surface area contributed by atoms with Gasteiger partial charge in [-0.1, -0.05) is 24.3 Å². The van der Waals surface area contributed by atoms with Crippen LogP contribution in [-0.2, 0) is 0 Å². The molecule has 0 aliphatic rings. The monoisotopic (exact) mass is 294 g/mol. The highest BCUT2D eigenvalue weighted by molar-refractivity contribution is 5.88. The lowest BCUT2D eigenvalue weighted by Crippen LogP contribution is -1.91. The molecule has 4 nitrogen and oxygen atoms in total. The van der Waals surface area contributed by atoms with Crippen molar-refractivity contribution in [2.24, 2.45) is 0 Å². The van der Waals surface area contributed by atoms with Gasteiger partial charge in [0.25, 0.3) is 5.69 Å². The van der Waals surface area contributed by atoms with Crippen LogP contribution in [-0.4, -0.2) is 9.91 Å². The Morgan fingerprint density at radius 2 is 1.86 bits per heavy atom. The van der Waals surface area contributed by atoms with Gasteiger partial charge in [0.1, 0.15) is 5.82 Å². The molecule has 0 atom stereocenters. The van der Waals surface area contributed by atoms with Crippen LogP contribution < -0.4 is 0 Å². The van der Waals surface area contributed by atoms with E-state index in [0.717, 1.165) is 5.56 Å². The third-order valence-corrected chi connectivity index (χ3v) is 3.22. The predicted octanol–water partition coefficient (Wildman–Crippen LogP) is 4.45. The highest BCUT2D eigenvalue weighted by Gasteiger charge is 2.11. The molecule has 0 fully saturated rings. The number of benzene rings is 2. The third-order valence-electron chi connectivity index (χ3n) is 3.22. The lowest BCUT2D eigenvalue weighted by molar-refractivity contribution is -0.383. The lowest BCUT2D eigenvalue weighted by atomic mass is 10.1. The first-order valence-corrected chi connectivity index (χ1v) is 6.61. The maximum absolute atomic E-state index is 13.1. The average molecular weight is 294 g/mol. The van der Waals surface area contributed by atoms with E-state index in [1.165, 1.54) is 18.2 Å². The second kappa shape index (κ2) is 5.73. The van der Waals surface area contributed by atoms with Crippen LogP contribution in [0.25, 0.3) is 23.1 Å². The Kier molecular flexibility index (Phi) is 3.62. The number of fused-ring (bicyclic) bond motifs is 1. The van der Waals surface area contributed by atoms with Gasteiger partial charge in [0.2, 0.25) is 0 Å². The number of nitro benzene ring substituents is 1. The average Bonchev–Trinajstić information content (AvgIpc) is 2.52. The zero-order valence-corrected chi connectivity index (χ0v) is 11.4. The fourth-order valence-corrected chi connectivity index (χ4v) is 2.20. The van der Waals surface area contributed by atoms with E-state index in [4.69, 9.17) is 0 Å². The smallest absolute Gasteiger partial charge is 0.258 e. The lowest BCUT2D eigenvalue weighted by Gasteiger charge is -2.00. The zero-order valence-electron chi connectivity index (χ0n) is 11.4. The second-order valence-corrected chi connectivity index (χ2v) is 4.73. The first kappa shape index (κ1) is 13.9. The molecule has 1 heterocycles. The Hall–Kier alpha value is -3.08. The molecule has 0 unspecified atom stereocenters. The van der Waals surface area contributed by atoms with Crippen molar-refractivity contribution in [2.75, 3.05) is 0 Å². The van der Waals surface area contributed by atoms with E-state index in [9.17, 15) is 14.5 Å². The third kappa shape index (κ3) is 2.83. The van der Waals surface area contributed by atoms with E-state index >= 15 is 0 Å². The van der Waals surface area contributed by atoms with E-state index in [2.05, 4.69) is 4.98 Å². The molecule has 22 heavy (non-hydrogen) atoms. The van der Waals surface area contributed by atoms with Crippen molar-refractivity contribution in [1.29, 1.82) is 0 Å². The second-order valence-electron chi connectivity index (χ2n) is 4.73. The number of hydrogen-bond acceptors (Lipinski definition) is 3. The molecule has 2 aromatic carbocycles. The Labute approximate surface area is 125 Å². The quantitative estimate of drug-likeness (QED) is 0.529. The summed E-state index contributed by atoms with van der Waals surface area (Å²) in [6.07, 6.45) is 3.49. The maximum atomic E-state index is 13.1. The molecule has 0 aliphatic heterocycles.